The molecule has 19 heavy (non-hydrogen) atoms. The summed E-state index contributed by atoms with van der Waals surface area (Å²) in [6.45, 7) is 8.73. The Kier molecular flexibility index (Phi) is 6.13. The minimum absolute atomic E-state index is 0.264. The molecule has 1 aromatic rings. The SMILES string of the molecule is C/C=C(\N=C(OCC)C(C)C)c1cccc(OC)c1. The van der Waals surface area contributed by atoms with Crippen LogP contribution < -0.4 is 4.74 Å². The maximum absolute atomic E-state index is 5.59. The topological polar surface area (TPSA) is 30.8 Å². The maximum Gasteiger partial charge on any atom is 0.191 e. The summed E-state index contributed by atoms with van der Waals surface area (Å²) in [7, 11) is 1.66. The molecule has 3 nitrogen and oxygen atoms in total. The second-order valence-corrected chi connectivity index (χ2v) is 4.44. The van der Waals surface area contributed by atoms with Crippen molar-refractivity contribution in [3.8, 4) is 5.75 Å². The van der Waals surface area contributed by atoms with Gasteiger partial charge in [-0.25, -0.2) is 4.99 Å². The summed E-state index contributed by atoms with van der Waals surface area (Å²) in [5.41, 5.74) is 1.93. The van der Waals surface area contributed by atoms with Crippen molar-refractivity contribution in [2.75, 3.05) is 13.7 Å². The van der Waals surface area contributed by atoms with E-state index < -0.39 is 0 Å². The number of benzene rings is 1. The number of rotatable bonds is 5. The van der Waals surface area contributed by atoms with Crippen LogP contribution >= 0.6 is 0 Å². The summed E-state index contributed by atoms with van der Waals surface area (Å²) < 4.78 is 10.8. The molecule has 0 aliphatic carbocycles. The molecule has 104 valence electrons. The molecule has 0 amide bonds. The number of aliphatic imine (C=N–C) groups is 1. The third kappa shape index (κ3) is 4.43. The van der Waals surface area contributed by atoms with Crippen molar-refractivity contribution in [3.63, 3.8) is 0 Å². The molecule has 0 aliphatic heterocycles. The first kappa shape index (κ1) is 15.3. The van der Waals surface area contributed by atoms with Crippen molar-refractivity contribution >= 4 is 11.6 Å². The van der Waals surface area contributed by atoms with Crippen LogP contribution in [-0.4, -0.2) is 19.6 Å². The van der Waals surface area contributed by atoms with Gasteiger partial charge in [-0.05, 0) is 26.0 Å². The Morgan fingerprint density at radius 1 is 1.37 bits per heavy atom. The molecule has 0 spiro atoms. The van der Waals surface area contributed by atoms with E-state index >= 15 is 0 Å². The van der Waals surface area contributed by atoms with Crippen LogP contribution in [0.3, 0.4) is 0 Å². The molecule has 0 atom stereocenters. The fraction of sp³-hybridized carbons (Fsp3) is 0.438. The Morgan fingerprint density at radius 3 is 2.63 bits per heavy atom. The van der Waals surface area contributed by atoms with Crippen molar-refractivity contribution in [2.45, 2.75) is 27.7 Å². The quantitative estimate of drug-likeness (QED) is 0.589. The van der Waals surface area contributed by atoms with E-state index in [1.165, 1.54) is 0 Å². The number of hydrogen-bond acceptors (Lipinski definition) is 3. The zero-order valence-corrected chi connectivity index (χ0v) is 12.4. The van der Waals surface area contributed by atoms with Gasteiger partial charge in [-0.3, -0.25) is 0 Å². The first-order valence-electron chi connectivity index (χ1n) is 6.64. The lowest BCUT2D eigenvalue weighted by Gasteiger charge is -2.12. The lowest BCUT2D eigenvalue weighted by Crippen LogP contribution is -2.12. The van der Waals surface area contributed by atoms with Gasteiger partial charge in [0.2, 0.25) is 0 Å². The van der Waals surface area contributed by atoms with E-state index in [-0.39, 0.29) is 5.92 Å². The van der Waals surface area contributed by atoms with Gasteiger partial charge in [0, 0.05) is 11.5 Å². The van der Waals surface area contributed by atoms with Gasteiger partial charge < -0.3 is 9.47 Å². The van der Waals surface area contributed by atoms with Crippen molar-refractivity contribution in [1.29, 1.82) is 0 Å². The average Bonchev–Trinajstić information content (AvgIpc) is 2.43. The molecule has 0 unspecified atom stereocenters. The summed E-state index contributed by atoms with van der Waals surface area (Å²) in [5, 5.41) is 0. The number of nitrogens with zero attached hydrogens (tertiary/aromatic N) is 1. The van der Waals surface area contributed by atoms with Crippen molar-refractivity contribution in [2.24, 2.45) is 10.9 Å². The lowest BCUT2D eigenvalue weighted by molar-refractivity contribution is 0.306. The highest BCUT2D eigenvalue weighted by Gasteiger charge is 2.08. The molecule has 3 heteroatoms. The zero-order valence-electron chi connectivity index (χ0n) is 12.4. The highest BCUT2D eigenvalue weighted by molar-refractivity contribution is 5.85. The Bertz CT molecular complexity index is 462. The smallest absolute Gasteiger partial charge is 0.191 e. The molecule has 0 bridgehead atoms. The monoisotopic (exact) mass is 261 g/mol. The molecule has 1 aromatic carbocycles. The number of methoxy groups -OCH3 is 1. The fourth-order valence-corrected chi connectivity index (χ4v) is 1.67. The van der Waals surface area contributed by atoms with Gasteiger partial charge in [-0.2, -0.15) is 0 Å². The molecule has 0 aromatic heterocycles. The first-order chi connectivity index (χ1) is 9.12. The van der Waals surface area contributed by atoms with Gasteiger partial charge >= 0.3 is 0 Å². The molecule has 1 rings (SSSR count). The number of hydrogen-bond donors (Lipinski definition) is 0. The third-order valence-corrected chi connectivity index (χ3v) is 2.66. The number of allylic oxidation sites excluding steroid dienone is 1. The van der Waals surface area contributed by atoms with Crippen molar-refractivity contribution in [1.82, 2.24) is 0 Å². The van der Waals surface area contributed by atoms with Gasteiger partial charge in [0.15, 0.2) is 5.90 Å². The van der Waals surface area contributed by atoms with Gasteiger partial charge in [0.25, 0.3) is 0 Å². The van der Waals surface area contributed by atoms with Crippen LogP contribution in [0.2, 0.25) is 0 Å². The van der Waals surface area contributed by atoms with E-state index in [1.807, 2.05) is 44.2 Å². The predicted molar refractivity (Wildman–Crippen MR) is 80.5 cm³/mol. The van der Waals surface area contributed by atoms with Crippen molar-refractivity contribution < 1.29 is 9.47 Å². The molecule has 0 fully saturated rings. The minimum Gasteiger partial charge on any atom is -0.497 e. The first-order valence-corrected chi connectivity index (χ1v) is 6.64. The molecule has 0 N–H and O–H groups in total. The van der Waals surface area contributed by atoms with Crippen LogP contribution in [0.25, 0.3) is 5.70 Å². The van der Waals surface area contributed by atoms with E-state index in [4.69, 9.17) is 9.47 Å². The van der Waals surface area contributed by atoms with Gasteiger partial charge in [0.05, 0.1) is 19.4 Å². The van der Waals surface area contributed by atoms with E-state index in [9.17, 15) is 0 Å². The van der Waals surface area contributed by atoms with Crippen LogP contribution in [-0.2, 0) is 4.74 Å². The van der Waals surface area contributed by atoms with Crippen LogP contribution in [0, 0.1) is 5.92 Å². The average molecular weight is 261 g/mol. The summed E-state index contributed by atoms with van der Waals surface area (Å²) in [4.78, 5) is 4.63. The summed E-state index contributed by atoms with van der Waals surface area (Å²) in [6, 6.07) is 7.88. The van der Waals surface area contributed by atoms with Gasteiger partial charge in [-0.15, -0.1) is 0 Å². The van der Waals surface area contributed by atoms with E-state index in [0.717, 1.165) is 22.9 Å². The molecule has 0 saturated carbocycles. The largest absolute Gasteiger partial charge is 0.497 e. The van der Waals surface area contributed by atoms with E-state index in [0.29, 0.717) is 6.61 Å². The molecule has 0 radical (unpaired) electrons. The van der Waals surface area contributed by atoms with E-state index in [2.05, 4.69) is 18.8 Å². The summed E-state index contributed by atoms with van der Waals surface area (Å²) in [5.74, 6) is 1.86. The Balaban J connectivity index is 3.09. The normalized spacial score (nSPS) is 12.7. The second-order valence-electron chi connectivity index (χ2n) is 4.44. The molecule has 0 saturated heterocycles. The molecule has 0 heterocycles. The van der Waals surface area contributed by atoms with Crippen molar-refractivity contribution in [3.05, 3.63) is 35.9 Å². The summed E-state index contributed by atoms with van der Waals surface area (Å²) in [6.07, 6.45) is 1.98. The van der Waals surface area contributed by atoms with Crippen LogP contribution in [0.4, 0.5) is 0 Å². The summed E-state index contributed by atoms with van der Waals surface area (Å²) >= 11 is 0. The van der Waals surface area contributed by atoms with E-state index in [1.54, 1.807) is 7.11 Å². The standard InChI is InChI=1S/C16H23NO2/c1-6-15(17-16(12(3)4)19-7-2)13-9-8-10-14(11-13)18-5/h6,8-12H,7H2,1-5H3/b15-6-,17-16?. The fourth-order valence-electron chi connectivity index (χ4n) is 1.67. The molecule has 0 aliphatic rings. The number of ether oxygens (including phenoxy) is 2. The molecular formula is C16H23NO2. The highest BCUT2D eigenvalue weighted by atomic mass is 16.5. The Morgan fingerprint density at radius 2 is 2.11 bits per heavy atom. The highest BCUT2D eigenvalue weighted by Crippen LogP contribution is 2.22. The predicted octanol–water partition coefficient (Wildman–Crippen LogP) is 4.15. The maximum atomic E-state index is 5.59. The lowest BCUT2D eigenvalue weighted by atomic mass is 10.1. The Hall–Kier alpha value is -1.77. The third-order valence-electron chi connectivity index (χ3n) is 2.66. The molecular weight excluding hydrogens is 238 g/mol. The van der Waals surface area contributed by atoms with Crippen LogP contribution in [0.15, 0.2) is 35.3 Å². The van der Waals surface area contributed by atoms with Gasteiger partial charge in [0.1, 0.15) is 5.75 Å². The minimum atomic E-state index is 0.264. The zero-order chi connectivity index (χ0) is 14.3. The Labute approximate surface area is 116 Å². The second kappa shape index (κ2) is 7.62. The van der Waals surface area contributed by atoms with Crippen LogP contribution in [0.5, 0.6) is 5.75 Å². The van der Waals surface area contributed by atoms with Crippen LogP contribution in [0.1, 0.15) is 33.3 Å². The van der Waals surface area contributed by atoms with Gasteiger partial charge in [-0.1, -0.05) is 32.1 Å².